The summed E-state index contributed by atoms with van der Waals surface area (Å²) in [6.07, 6.45) is 3.39. The average Bonchev–Trinajstić information content (AvgIpc) is 3.28. The van der Waals surface area contributed by atoms with Gasteiger partial charge in [-0.25, -0.2) is 9.67 Å². The van der Waals surface area contributed by atoms with Crippen LogP contribution in [0.2, 0.25) is 0 Å². The number of halogens is 1. The van der Waals surface area contributed by atoms with Gasteiger partial charge in [0.05, 0.1) is 32.4 Å². The molecule has 0 spiro atoms. The molecule has 0 saturated heterocycles. The lowest BCUT2D eigenvalue weighted by atomic mass is 10.1. The number of benzene rings is 2. The highest BCUT2D eigenvalue weighted by molar-refractivity contribution is 9.10. The lowest BCUT2D eigenvalue weighted by Crippen LogP contribution is -2.31. The number of methoxy groups -OCH3 is 2. The van der Waals surface area contributed by atoms with Gasteiger partial charge in [-0.05, 0) is 42.3 Å². The van der Waals surface area contributed by atoms with Crippen molar-refractivity contribution in [3.05, 3.63) is 64.7 Å². The first-order valence-corrected chi connectivity index (χ1v) is 9.85. The van der Waals surface area contributed by atoms with Gasteiger partial charge in [0, 0.05) is 11.5 Å². The first kappa shape index (κ1) is 20.9. The van der Waals surface area contributed by atoms with Crippen LogP contribution in [0.25, 0.3) is 5.69 Å². The van der Waals surface area contributed by atoms with Gasteiger partial charge in [-0.3, -0.25) is 4.79 Å². The fraction of sp³-hybridized carbons (Fsp3) is 0.286. The van der Waals surface area contributed by atoms with Crippen LogP contribution in [0.5, 0.6) is 11.5 Å². The molecule has 7 nitrogen and oxygen atoms in total. The van der Waals surface area contributed by atoms with Crippen molar-refractivity contribution in [2.24, 2.45) is 0 Å². The number of amides is 1. The monoisotopic (exact) mass is 458 g/mol. The number of nitrogens with zero attached hydrogens (tertiary/aromatic N) is 4. The highest BCUT2D eigenvalue weighted by Crippen LogP contribution is 2.34. The summed E-state index contributed by atoms with van der Waals surface area (Å²) in [5.74, 6) is 1.22. The third-order valence-electron chi connectivity index (χ3n) is 4.93. The zero-order valence-corrected chi connectivity index (χ0v) is 18.4. The molecule has 1 aromatic heterocycles. The van der Waals surface area contributed by atoms with Crippen molar-refractivity contribution in [1.82, 2.24) is 19.7 Å². The van der Waals surface area contributed by atoms with Crippen molar-refractivity contribution in [2.75, 3.05) is 21.3 Å². The normalized spacial score (nSPS) is 11.8. The lowest BCUT2D eigenvalue weighted by Gasteiger charge is -2.26. The van der Waals surface area contributed by atoms with E-state index < -0.39 is 0 Å². The van der Waals surface area contributed by atoms with Crippen LogP contribution < -0.4 is 9.47 Å². The predicted octanol–water partition coefficient (Wildman–Crippen LogP) is 3.81. The van der Waals surface area contributed by atoms with E-state index in [2.05, 4.69) is 26.0 Å². The number of aromatic nitrogens is 3. The van der Waals surface area contributed by atoms with Crippen molar-refractivity contribution in [1.29, 1.82) is 0 Å². The zero-order valence-electron chi connectivity index (χ0n) is 16.8. The quantitative estimate of drug-likeness (QED) is 0.538. The van der Waals surface area contributed by atoms with Gasteiger partial charge in [-0.1, -0.05) is 28.1 Å². The maximum atomic E-state index is 12.9. The molecule has 0 unspecified atom stereocenters. The van der Waals surface area contributed by atoms with Crippen molar-refractivity contribution in [3.8, 4) is 17.2 Å². The Labute approximate surface area is 178 Å². The lowest BCUT2D eigenvalue weighted by molar-refractivity contribution is -0.131. The molecular weight excluding hydrogens is 436 g/mol. The molecule has 8 heteroatoms. The van der Waals surface area contributed by atoms with Gasteiger partial charge in [-0.15, -0.1) is 0 Å². The fourth-order valence-electron chi connectivity index (χ4n) is 3.01. The van der Waals surface area contributed by atoms with Crippen molar-refractivity contribution >= 4 is 21.8 Å². The maximum absolute atomic E-state index is 12.9. The van der Waals surface area contributed by atoms with Gasteiger partial charge in [0.25, 0.3) is 0 Å². The first-order chi connectivity index (χ1) is 13.9. The van der Waals surface area contributed by atoms with E-state index in [4.69, 9.17) is 9.47 Å². The van der Waals surface area contributed by atoms with Crippen LogP contribution >= 0.6 is 15.9 Å². The number of hydrogen-bond donors (Lipinski definition) is 0. The Morgan fingerprint density at radius 3 is 2.41 bits per heavy atom. The number of likely N-dealkylation sites (N-methyl/N-ethyl adjacent to an activating group) is 1. The van der Waals surface area contributed by atoms with Crippen molar-refractivity contribution in [2.45, 2.75) is 19.4 Å². The molecule has 0 N–H and O–H groups in total. The minimum Gasteiger partial charge on any atom is -0.493 e. The van der Waals surface area contributed by atoms with Crippen molar-refractivity contribution in [3.63, 3.8) is 0 Å². The van der Waals surface area contributed by atoms with E-state index in [-0.39, 0.29) is 18.4 Å². The number of hydrogen-bond acceptors (Lipinski definition) is 5. The van der Waals surface area contributed by atoms with Crippen LogP contribution in [0.3, 0.4) is 0 Å². The number of carbonyl (C=O) groups excluding carboxylic acids is 1. The van der Waals surface area contributed by atoms with Crippen LogP contribution in [-0.4, -0.2) is 46.8 Å². The van der Waals surface area contributed by atoms with E-state index in [1.165, 1.54) is 6.33 Å². The molecule has 3 rings (SSSR count). The molecule has 0 fully saturated rings. The molecule has 0 aliphatic carbocycles. The van der Waals surface area contributed by atoms with Gasteiger partial charge < -0.3 is 14.4 Å². The largest absolute Gasteiger partial charge is 0.493 e. The average molecular weight is 459 g/mol. The Morgan fingerprint density at radius 2 is 1.83 bits per heavy atom. The Bertz CT molecular complexity index is 974. The van der Waals surface area contributed by atoms with Gasteiger partial charge in [0.1, 0.15) is 12.7 Å². The number of rotatable bonds is 7. The van der Waals surface area contributed by atoms with Gasteiger partial charge in [-0.2, -0.15) is 5.10 Å². The van der Waals surface area contributed by atoms with Crippen LogP contribution in [0.1, 0.15) is 24.1 Å². The summed E-state index contributed by atoms with van der Waals surface area (Å²) < 4.78 is 13.1. The molecule has 152 valence electrons. The van der Waals surface area contributed by atoms with Crippen LogP contribution in [0.15, 0.2) is 53.5 Å². The second-order valence-electron chi connectivity index (χ2n) is 6.59. The van der Waals surface area contributed by atoms with E-state index in [1.54, 1.807) is 30.1 Å². The van der Waals surface area contributed by atoms with E-state index in [0.29, 0.717) is 11.5 Å². The minimum atomic E-state index is -0.0776. The highest BCUT2D eigenvalue weighted by atomic mass is 79.9. The topological polar surface area (TPSA) is 69.5 Å². The summed E-state index contributed by atoms with van der Waals surface area (Å²) >= 11 is 3.52. The smallest absolute Gasteiger partial charge is 0.227 e. The summed E-state index contributed by atoms with van der Waals surface area (Å²) in [6, 6.07) is 11.5. The van der Waals surface area contributed by atoms with Gasteiger partial charge in [0.2, 0.25) is 5.91 Å². The molecule has 0 radical (unpaired) electrons. The van der Waals surface area contributed by atoms with Crippen molar-refractivity contribution < 1.29 is 14.3 Å². The SMILES string of the molecule is COc1cc(Br)c(CC(=O)N(C)[C@H](C)c2ccc(-n3cncn3)cc2)cc1OC. The summed E-state index contributed by atoms with van der Waals surface area (Å²) in [4.78, 5) is 18.6. The predicted molar refractivity (Wildman–Crippen MR) is 113 cm³/mol. The van der Waals surface area contributed by atoms with Crippen LogP contribution in [0, 0.1) is 0 Å². The summed E-state index contributed by atoms with van der Waals surface area (Å²) in [6.45, 7) is 2.01. The summed E-state index contributed by atoms with van der Waals surface area (Å²) in [7, 11) is 4.97. The molecule has 1 heterocycles. The van der Waals surface area contributed by atoms with Gasteiger partial charge in [0.15, 0.2) is 11.5 Å². The molecule has 2 aromatic carbocycles. The Hall–Kier alpha value is -2.87. The van der Waals surface area contributed by atoms with E-state index in [0.717, 1.165) is 21.3 Å². The fourth-order valence-corrected chi connectivity index (χ4v) is 3.47. The minimum absolute atomic E-state index is 0.00535. The molecule has 0 bridgehead atoms. The van der Waals surface area contributed by atoms with Crippen LogP contribution in [0.4, 0.5) is 0 Å². The highest BCUT2D eigenvalue weighted by Gasteiger charge is 2.20. The Morgan fingerprint density at radius 1 is 1.17 bits per heavy atom. The van der Waals surface area contributed by atoms with E-state index in [1.807, 2.05) is 50.4 Å². The summed E-state index contributed by atoms with van der Waals surface area (Å²) in [5.41, 5.74) is 2.80. The molecule has 0 saturated carbocycles. The molecule has 1 amide bonds. The molecule has 29 heavy (non-hydrogen) atoms. The third kappa shape index (κ3) is 4.59. The molecule has 3 aromatic rings. The number of carbonyl (C=O) groups is 1. The first-order valence-electron chi connectivity index (χ1n) is 9.05. The third-order valence-corrected chi connectivity index (χ3v) is 5.67. The van der Waals surface area contributed by atoms with Crippen LogP contribution in [-0.2, 0) is 11.2 Å². The second-order valence-corrected chi connectivity index (χ2v) is 7.44. The van der Waals surface area contributed by atoms with E-state index >= 15 is 0 Å². The maximum Gasteiger partial charge on any atom is 0.227 e. The van der Waals surface area contributed by atoms with Gasteiger partial charge >= 0.3 is 0 Å². The Kier molecular flexibility index (Phi) is 6.53. The number of ether oxygens (including phenoxy) is 2. The second kappa shape index (κ2) is 9.09. The van der Waals surface area contributed by atoms with E-state index in [9.17, 15) is 4.79 Å². The summed E-state index contributed by atoms with van der Waals surface area (Å²) in [5, 5.41) is 4.12. The molecular formula is C21H23BrN4O3. The standard InChI is InChI=1S/C21H23BrN4O3/c1-14(15-5-7-17(8-6-15)26-13-23-12-24-26)25(2)21(27)10-16-9-19(28-3)20(29-4)11-18(16)22/h5-9,11-14H,10H2,1-4H3/t14-/m1/s1. The molecule has 0 aliphatic rings. The molecule has 0 aliphatic heterocycles. The zero-order chi connectivity index (χ0) is 21.0. The Balaban J connectivity index is 1.73. The molecule has 1 atom stereocenters.